The Morgan fingerprint density at radius 3 is 3.15 bits per heavy atom. The zero-order chi connectivity index (χ0) is 17.9. The Kier molecular flexibility index (Phi) is 5.28. The van der Waals surface area contributed by atoms with Crippen molar-refractivity contribution in [1.29, 1.82) is 0 Å². The number of benzene rings is 1. The van der Waals surface area contributed by atoms with E-state index in [4.69, 9.17) is 4.74 Å². The molecule has 26 heavy (non-hydrogen) atoms. The summed E-state index contributed by atoms with van der Waals surface area (Å²) in [7, 11) is 0. The first-order chi connectivity index (χ1) is 12.7. The van der Waals surface area contributed by atoms with E-state index in [1.807, 2.05) is 0 Å². The Morgan fingerprint density at radius 1 is 1.38 bits per heavy atom. The lowest BCUT2D eigenvalue weighted by molar-refractivity contribution is -0.132. The molecule has 2 atom stereocenters. The molecule has 2 heterocycles. The molecular weight excluding hydrogens is 348 g/mol. The van der Waals surface area contributed by atoms with E-state index >= 15 is 0 Å². The first kappa shape index (κ1) is 17.6. The highest BCUT2D eigenvalue weighted by molar-refractivity contribution is 7.15. The van der Waals surface area contributed by atoms with Gasteiger partial charge in [0.1, 0.15) is 11.1 Å². The number of aromatic nitrogens is 2. The van der Waals surface area contributed by atoms with Gasteiger partial charge in [-0.25, -0.2) is 0 Å². The van der Waals surface area contributed by atoms with Crippen molar-refractivity contribution in [3.63, 3.8) is 0 Å². The van der Waals surface area contributed by atoms with Gasteiger partial charge in [0, 0.05) is 19.0 Å². The highest BCUT2D eigenvalue weighted by Crippen LogP contribution is 2.38. The molecule has 0 saturated carbocycles. The van der Waals surface area contributed by atoms with Crippen LogP contribution >= 0.6 is 11.3 Å². The predicted octanol–water partition coefficient (Wildman–Crippen LogP) is 2.67. The summed E-state index contributed by atoms with van der Waals surface area (Å²) in [5.74, 6) is 0.152. The van der Waals surface area contributed by atoms with Crippen molar-refractivity contribution < 1.29 is 9.53 Å². The van der Waals surface area contributed by atoms with Crippen LogP contribution in [0.3, 0.4) is 0 Å². The van der Waals surface area contributed by atoms with Crippen molar-refractivity contribution in [3.05, 3.63) is 40.4 Å². The molecule has 1 aromatic heterocycles. The number of likely N-dealkylation sites (N-methyl/N-ethyl adjacent to an activating group) is 1. The molecule has 2 aromatic rings. The molecule has 0 spiro atoms. The number of ether oxygens (including phenoxy) is 1. The zero-order valence-electron chi connectivity index (χ0n) is 15.0. The monoisotopic (exact) mass is 372 g/mol. The number of nitrogens with zero attached hydrogens (tertiary/aromatic N) is 3. The molecule has 7 heteroatoms. The Balaban J connectivity index is 1.45. The Hall–Kier alpha value is -1.83. The van der Waals surface area contributed by atoms with Crippen molar-refractivity contribution >= 4 is 22.4 Å². The molecule has 0 bridgehead atoms. The summed E-state index contributed by atoms with van der Waals surface area (Å²) in [4.78, 5) is 14.7. The van der Waals surface area contributed by atoms with Gasteiger partial charge in [0.2, 0.25) is 5.13 Å². The summed E-state index contributed by atoms with van der Waals surface area (Å²) in [5.41, 5.74) is 2.75. The number of morpholine rings is 1. The predicted molar refractivity (Wildman–Crippen MR) is 102 cm³/mol. The van der Waals surface area contributed by atoms with Crippen LogP contribution in [0.25, 0.3) is 0 Å². The van der Waals surface area contributed by atoms with E-state index < -0.39 is 6.10 Å². The van der Waals surface area contributed by atoms with E-state index in [0.717, 1.165) is 37.4 Å². The molecule has 1 aliphatic carbocycles. The molecule has 1 saturated heterocycles. The third kappa shape index (κ3) is 3.65. The molecule has 2 unspecified atom stereocenters. The maximum atomic E-state index is 12.5. The third-order valence-electron chi connectivity index (χ3n) is 5.23. The van der Waals surface area contributed by atoms with Crippen LogP contribution in [0.2, 0.25) is 0 Å². The molecular formula is C19H24N4O2S. The Labute approximate surface area is 157 Å². The second-order valence-electron chi connectivity index (χ2n) is 6.83. The van der Waals surface area contributed by atoms with E-state index in [1.54, 1.807) is 0 Å². The molecule has 1 aliphatic heterocycles. The average molecular weight is 372 g/mol. The number of amides is 1. The van der Waals surface area contributed by atoms with Gasteiger partial charge in [-0.05, 0) is 36.9 Å². The van der Waals surface area contributed by atoms with Crippen molar-refractivity contribution in [1.82, 2.24) is 15.1 Å². The molecule has 138 valence electrons. The second-order valence-corrected chi connectivity index (χ2v) is 7.84. The minimum Gasteiger partial charge on any atom is -0.366 e. The van der Waals surface area contributed by atoms with Crippen molar-refractivity contribution in [2.24, 2.45) is 0 Å². The summed E-state index contributed by atoms with van der Waals surface area (Å²) in [6, 6.07) is 8.57. The zero-order valence-corrected chi connectivity index (χ0v) is 15.8. The van der Waals surface area contributed by atoms with Gasteiger partial charge < -0.3 is 4.74 Å². The van der Waals surface area contributed by atoms with Crippen molar-refractivity contribution in [2.45, 2.75) is 38.2 Å². The van der Waals surface area contributed by atoms with Crippen LogP contribution in [0.4, 0.5) is 5.13 Å². The van der Waals surface area contributed by atoms with E-state index in [-0.39, 0.29) is 11.8 Å². The molecule has 2 aliphatic rings. The van der Waals surface area contributed by atoms with Crippen LogP contribution in [-0.2, 0) is 16.0 Å². The first-order valence-corrected chi connectivity index (χ1v) is 10.1. The van der Waals surface area contributed by atoms with Gasteiger partial charge in [0.25, 0.3) is 5.91 Å². The van der Waals surface area contributed by atoms with Gasteiger partial charge in [0.05, 0.1) is 6.61 Å². The lowest BCUT2D eigenvalue weighted by Gasteiger charge is -2.30. The summed E-state index contributed by atoms with van der Waals surface area (Å²) in [6.07, 6.45) is 2.93. The number of rotatable bonds is 4. The standard InChI is InChI=1S/C19H24N4O2S/c1-2-23-10-11-25-16(12-23)17(24)20-19-22-21-18(26-19)15-9-5-7-13-6-3-4-8-14(13)15/h3-4,6,8,15-16H,2,5,7,9-12H2,1H3,(H,20,22,24). The van der Waals surface area contributed by atoms with Crippen molar-refractivity contribution in [2.75, 3.05) is 31.6 Å². The Morgan fingerprint density at radius 2 is 2.27 bits per heavy atom. The first-order valence-electron chi connectivity index (χ1n) is 9.30. The quantitative estimate of drug-likeness (QED) is 0.894. The van der Waals surface area contributed by atoms with Gasteiger partial charge in [-0.1, -0.05) is 42.5 Å². The fourth-order valence-electron chi connectivity index (χ4n) is 3.77. The SMILES string of the molecule is CCN1CCOC(C(=O)Nc2nnc(C3CCCc4ccccc43)s2)C1. The van der Waals surface area contributed by atoms with Crippen LogP contribution in [-0.4, -0.2) is 53.3 Å². The number of fused-ring (bicyclic) bond motifs is 1. The number of carbonyl (C=O) groups is 1. The minimum atomic E-state index is -0.438. The van der Waals surface area contributed by atoms with Crippen LogP contribution < -0.4 is 5.32 Å². The second kappa shape index (κ2) is 7.82. The van der Waals surface area contributed by atoms with E-state index in [0.29, 0.717) is 18.3 Å². The number of aryl methyl sites for hydroxylation is 1. The average Bonchev–Trinajstić information content (AvgIpc) is 3.15. The smallest absolute Gasteiger partial charge is 0.256 e. The minimum absolute atomic E-state index is 0.130. The maximum absolute atomic E-state index is 12.5. The fourth-order valence-corrected chi connectivity index (χ4v) is 4.67. The van der Waals surface area contributed by atoms with Crippen LogP contribution in [0.5, 0.6) is 0 Å². The van der Waals surface area contributed by atoms with Gasteiger partial charge in [-0.15, -0.1) is 10.2 Å². The van der Waals surface area contributed by atoms with Crippen LogP contribution in [0, 0.1) is 0 Å². The summed E-state index contributed by atoms with van der Waals surface area (Å²) in [5, 5.41) is 13.0. The van der Waals surface area contributed by atoms with Gasteiger partial charge >= 0.3 is 0 Å². The number of hydrogen-bond acceptors (Lipinski definition) is 6. The molecule has 1 fully saturated rings. The van der Waals surface area contributed by atoms with Gasteiger partial charge in [-0.3, -0.25) is 15.0 Å². The largest absolute Gasteiger partial charge is 0.366 e. The van der Waals surface area contributed by atoms with Crippen LogP contribution in [0.1, 0.15) is 41.8 Å². The molecule has 1 N–H and O–H groups in total. The maximum Gasteiger partial charge on any atom is 0.256 e. The lowest BCUT2D eigenvalue weighted by atomic mass is 9.83. The van der Waals surface area contributed by atoms with Crippen LogP contribution in [0.15, 0.2) is 24.3 Å². The summed E-state index contributed by atoms with van der Waals surface area (Å²) in [6.45, 7) is 5.12. The molecule has 1 aromatic carbocycles. The van der Waals surface area contributed by atoms with Crippen molar-refractivity contribution in [3.8, 4) is 0 Å². The summed E-state index contributed by atoms with van der Waals surface area (Å²) >= 11 is 1.48. The molecule has 4 rings (SSSR count). The molecule has 0 radical (unpaired) electrons. The molecule has 1 amide bonds. The lowest BCUT2D eigenvalue weighted by Crippen LogP contribution is -2.47. The highest BCUT2D eigenvalue weighted by atomic mass is 32.1. The highest BCUT2D eigenvalue weighted by Gasteiger charge is 2.28. The topological polar surface area (TPSA) is 67.3 Å². The molecule has 6 nitrogen and oxygen atoms in total. The summed E-state index contributed by atoms with van der Waals surface area (Å²) < 4.78 is 5.62. The van der Waals surface area contributed by atoms with E-state index in [2.05, 4.69) is 51.6 Å². The fraction of sp³-hybridized carbons (Fsp3) is 0.526. The third-order valence-corrected chi connectivity index (χ3v) is 6.18. The van der Waals surface area contributed by atoms with E-state index in [9.17, 15) is 4.79 Å². The van der Waals surface area contributed by atoms with E-state index in [1.165, 1.54) is 22.5 Å². The van der Waals surface area contributed by atoms with Gasteiger partial charge in [-0.2, -0.15) is 0 Å². The Bertz CT molecular complexity index is 778. The number of hydrogen-bond donors (Lipinski definition) is 1. The number of anilines is 1. The van der Waals surface area contributed by atoms with Gasteiger partial charge in [0.15, 0.2) is 0 Å². The normalized spacial score (nSPS) is 23.4. The number of nitrogens with one attached hydrogen (secondary N) is 1. The number of carbonyl (C=O) groups excluding carboxylic acids is 1.